The first-order chi connectivity index (χ1) is 11.7. The Labute approximate surface area is 148 Å². The van der Waals surface area contributed by atoms with Gasteiger partial charge in [0.25, 0.3) is 0 Å². The summed E-state index contributed by atoms with van der Waals surface area (Å²) in [4.78, 5) is 7.04. The monoisotopic (exact) mass is 346 g/mol. The first kappa shape index (κ1) is 17.2. The summed E-state index contributed by atoms with van der Waals surface area (Å²) in [5, 5.41) is 4.23. The number of rotatable bonds is 6. The van der Waals surface area contributed by atoms with Crippen molar-refractivity contribution in [3.8, 4) is 0 Å². The standard InChI is InChI=1S/C18H26N4OS/c1-13-12-15(22-10-5-4-6-14(22)2)7-8-16(13)19-18-20-17(21-24-18)9-11-23-3/h7-8,12,14H,4-6,9-11H2,1-3H3,(H,19,20,21). The van der Waals surface area contributed by atoms with Crippen LogP contribution in [0.25, 0.3) is 0 Å². The molecule has 0 bridgehead atoms. The van der Waals surface area contributed by atoms with Crippen molar-refractivity contribution in [3.63, 3.8) is 0 Å². The minimum atomic E-state index is 0.628. The highest BCUT2D eigenvalue weighted by Gasteiger charge is 2.19. The summed E-state index contributed by atoms with van der Waals surface area (Å²) in [5.41, 5.74) is 3.65. The van der Waals surface area contributed by atoms with Crippen LogP contribution in [0.4, 0.5) is 16.5 Å². The van der Waals surface area contributed by atoms with Crippen molar-refractivity contribution in [2.24, 2.45) is 0 Å². The van der Waals surface area contributed by atoms with E-state index in [1.807, 2.05) is 0 Å². The number of nitrogens with zero attached hydrogens (tertiary/aromatic N) is 3. The Morgan fingerprint density at radius 3 is 3.00 bits per heavy atom. The Hall–Kier alpha value is -1.66. The summed E-state index contributed by atoms with van der Waals surface area (Å²) in [6.07, 6.45) is 4.67. The van der Waals surface area contributed by atoms with Gasteiger partial charge in [-0.25, -0.2) is 4.98 Å². The number of ether oxygens (including phenoxy) is 1. The molecule has 1 aliphatic heterocycles. The molecule has 1 fully saturated rings. The van der Waals surface area contributed by atoms with Crippen LogP contribution < -0.4 is 10.2 Å². The topological polar surface area (TPSA) is 50.3 Å². The molecule has 1 aromatic carbocycles. The van der Waals surface area contributed by atoms with Gasteiger partial charge in [-0.15, -0.1) is 0 Å². The molecule has 0 spiro atoms. The van der Waals surface area contributed by atoms with Crippen LogP contribution in [0.5, 0.6) is 0 Å². The fraction of sp³-hybridized carbons (Fsp3) is 0.556. The second-order valence-electron chi connectivity index (χ2n) is 6.42. The largest absolute Gasteiger partial charge is 0.384 e. The fourth-order valence-electron chi connectivity index (χ4n) is 3.16. The van der Waals surface area contributed by atoms with Gasteiger partial charge in [0.05, 0.1) is 6.61 Å². The Morgan fingerprint density at radius 2 is 2.25 bits per heavy atom. The van der Waals surface area contributed by atoms with Crippen molar-refractivity contribution in [3.05, 3.63) is 29.6 Å². The maximum absolute atomic E-state index is 5.07. The lowest BCUT2D eigenvalue weighted by Crippen LogP contribution is -2.37. The molecule has 1 saturated heterocycles. The quantitative estimate of drug-likeness (QED) is 0.851. The van der Waals surface area contributed by atoms with Crippen molar-refractivity contribution in [1.29, 1.82) is 0 Å². The number of aryl methyl sites for hydroxylation is 1. The lowest BCUT2D eigenvalue weighted by Gasteiger charge is -2.35. The number of piperidine rings is 1. The highest BCUT2D eigenvalue weighted by atomic mass is 32.1. The van der Waals surface area contributed by atoms with E-state index in [9.17, 15) is 0 Å². The summed E-state index contributed by atoms with van der Waals surface area (Å²) in [5.74, 6) is 0.834. The minimum Gasteiger partial charge on any atom is -0.384 e. The molecular formula is C18H26N4OS. The molecule has 1 aromatic heterocycles. The third-order valence-corrected chi connectivity index (χ3v) is 5.25. The molecule has 130 valence electrons. The van der Waals surface area contributed by atoms with E-state index in [4.69, 9.17) is 4.74 Å². The maximum Gasteiger partial charge on any atom is 0.207 e. The van der Waals surface area contributed by atoms with Crippen LogP contribution in [0, 0.1) is 6.92 Å². The highest BCUT2D eigenvalue weighted by molar-refractivity contribution is 7.09. The van der Waals surface area contributed by atoms with E-state index in [0.29, 0.717) is 12.6 Å². The average molecular weight is 347 g/mol. The molecule has 2 heterocycles. The second-order valence-corrected chi connectivity index (χ2v) is 7.17. The molecule has 0 saturated carbocycles. The van der Waals surface area contributed by atoms with E-state index < -0.39 is 0 Å². The molecule has 1 atom stereocenters. The van der Waals surface area contributed by atoms with E-state index in [-0.39, 0.29) is 0 Å². The predicted molar refractivity (Wildman–Crippen MR) is 101 cm³/mol. The lowest BCUT2D eigenvalue weighted by molar-refractivity contribution is 0.201. The number of anilines is 3. The van der Waals surface area contributed by atoms with Crippen LogP contribution in [-0.4, -0.2) is 35.7 Å². The van der Waals surface area contributed by atoms with Gasteiger partial charge in [-0.1, -0.05) is 0 Å². The van der Waals surface area contributed by atoms with Crippen LogP contribution >= 0.6 is 11.5 Å². The second kappa shape index (κ2) is 7.94. The van der Waals surface area contributed by atoms with Crippen LogP contribution in [0.2, 0.25) is 0 Å². The molecule has 24 heavy (non-hydrogen) atoms. The van der Waals surface area contributed by atoms with E-state index in [1.54, 1.807) is 7.11 Å². The van der Waals surface area contributed by atoms with Crippen molar-refractivity contribution in [2.45, 2.75) is 45.6 Å². The maximum atomic E-state index is 5.07. The number of benzene rings is 1. The Bertz CT molecular complexity index is 673. The van der Waals surface area contributed by atoms with Crippen LogP contribution in [0.3, 0.4) is 0 Å². The Morgan fingerprint density at radius 1 is 1.38 bits per heavy atom. The van der Waals surface area contributed by atoms with Crippen molar-refractivity contribution >= 4 is 28.0 Å². The van der Waals surface area contributed by atoms with Crippen LogP contribution in [0.15, 0.2) is 18.2 Å². The number of hydrogen-bond acceptors (Lipinski definition) is 6. The van der Waals surface area contributed by atoms with Crippen molar-refractivity contribution < 1.29 is 4.74 Å². The van der Waals surface area contributed by atoms with Gasteiger partial charge in [0, 0.05) is 49.0 Å². The molecule has 1 aliphatic rings. The summed E-state index contributed by atoms with van der Waals surface area (Å²) in [6, 6.07) is 7.27. The Balaban J connectivity index is 1.69. The SMILES string of the molecule is COCCc1nsc(Nc2ccc(N3CCCCC3C)cc2C)n1. The lowest BCUT2D eigenvalue weighted by atomic mass is 10.0. The van der Waals surface area contributed by atoms with Crippen LogP contribution in [0.1, 0.15) is 37.6 Å². The van der Waals surface area contributed by atoms with E-state index in [0.717, 1.165) is 29.6 Å². The molecule has 1 N–H and O–H groups in total. The van der Waals surface area contributed by atoms with E-state index >= 15 is 0 Å². The molecule has 6 heteroatoms. The number of hydrogen-bond donors (Lipinski definition) is 1. The zero-order valence-corrected chi connectivity index (χ0v) is 15.5. The van der Waals surface area contributed by atoms with Crippen molar-refractivity contribution in [2.75, 3.05) is 30.5 Å². The van der Waals surface area contributed by atoms with Gasteiger partial charge in [0.15, 0.2) is 0 Å². The van der Waals surface area contributed by atoms with Gasteiger partial charge in [-0.3, -0.25) is 0 Å². The minimum absolute atomic E-state index is 0.628. The zero-order chi connectivity index (χ0) is 16.9. The summed E-state index contributed by atoms with van der Waals surface area (Å²) in [6.45, 7) is 6.28. The fourth-order valence-corrected chi connectivity index (χ4v) is 3.79. The summed E-state index contributed by atoms with van der Waals surface area (Å²) >= 11 is 1.40. The van der Waals surface area contributed by atoms with Gasteiger partial charge >= 0.3 is 0 Å². The Kier molecular flexibility index (Phi) is 5.68. The summed E-state index contributed by atoms with van der Waals surface area (Å²) in [7, 11) is 1.69. The number of aromatic nitrogens is 2. The normalized spacial score (nSPS) is 18.0. The van der Waals surface area contributed by atoms with Gasteiger partial charge < -0.3 is 15.0 Å². The molecule has 0 radical (unpaired) electrons. The first-order valence-corrected chi connectivity index (χ1v) is 9.40. The predicted octanol–water partition coefficient (Wildman–Crippen LogP) is 4.16. The molecule has 5 nitrogen and oxygen atoms in total. The van der Waals surface area contributed by atoms with E-state index in [2.05, 4.69) is 51.6 Å². The van der Waals surface area contributed by atoms with Gasteiger partial charge in [0.1, 0.15) is 5.82 Å². The molecule has 0 aliphatic carbocycles. The molecule has 0 amide bonds. The first-order valence-electron chi connectivity index (χ1n) is 8.63. The van der Waals surface area contributed by atoms with E-state index in [1.165, 1.54) is 42.0 Å². The number of nitrogens with one attached hydrogen (secondary N) is 1. The van der Waals surface area contributed by atoms with Crippen LogP contribution in [-0.2, 0) is 11.2 Å². The molecule has 3 rings (SSSR count). The highest BCUT2D eigenvalue weighted by Crippen LogP contribution is 2.29. The van der Waals surface area contributed by atoms with Gasteiger partial charge in [-0.2, -0.15) is 4.37 Å². The molecule has 1 unspecified atom stereocenters. The smallest absolute Gasteiger partial charge is 0.207 e. The molecule has 2 aromatic rings. The number of methoxy groups -OCH3 is 1. The zero-order valence-electron chi connectivity index (χ0n) is 14.7. The third kappa shape index (κ3) is 4.05. The average Bonchev–Trinajstić information content (AvgIpc) is 3.03. The van der Waals surface area contributed by atoms with Gasteiger partial charge in [-0.05, 0) is 56.9 Å². The van der Waals surface area contributed by atoms with Gasteiger partial charge in [0.2, 0.25) is 5.13 Å². The van der Waals surface area contributed by atoms with Crippen molar-refractivity contribution in [1.82, 2.24) is 9.36 Å². The molecular weight excluding hydrogens is 320 g/mol. The summed E-state index contributed by atoms with van der Waals surface area (Å²) < 4.78 is 9.43. The third-order valence-electron chi connectivity index (χ3n) is 4.58.